The Kier molecular flexibility index (Phi) is 6.70. The highest BCUT2D eigenvalue weighted by Crippen LogP contribution is 2.21. The molecule has 0 unspecified atom stereocenters. The SMILES string of the molecule is COc1ccccc1C(=O)ONc1ccc(N=NC(=O)c2ccccc2Br)cc1. The topological polar surface area (TPSA) is 89.3 Å². The monoisotopic (exact) mass is 453 g/mol. The molecule has 1 N–H and O–H groups in total. The molecule has 0 heterocycles. The lowest BCUT2D eigenvalue weighted by Crippen LogP contribution is -2.11. The van der Waals surface area contributed by atoms with E-state index in [-0.39, 0.29) is 0 Å². The number of nitrogens with one attached hydrogen (secondary N) is 1. The van der Waals surface area contributed by atoms with Crippen LogP contribution in [0, 0.1) is 0 Å². The van der Waals surface area contributed by atoms with E-state index < -0.39 is 11.9 Å². The summed E-state index contributed by atoms with van der Waals surface area (Å²) in [5.41, 5.74) is 4.31. The number of benzene rings is 3. The van der Waals surface area contributed by atoms with E-state index in [9.17, 15) is 9.59 Å². The predicted molar refractivity (Wildman–Crippen MR) is 111 cm³/mol. The van der Waals surface area contributed by atoms with Crippen molar-refractivity contribution in [3.63, 3.8) is 0 Å². The van der Waals surface area contributed by atoms with E-state index in [2.05, 4.69) is 31.6 Å². The summed E-state index contributed by atoms with van der Waals surface area (Å²) in [4.78, 5) is 29.3. The number of methoxy groups -OCH3 is 1. The first kappa shape index (κ1) is 20.2. The largest absolute Gasteiger partial charge is 0.496 e. The second kappa shape index (κ2) is 9.61. The maximum absolute atomic E-state index is 12.2. The van der Waals surface area contributed by atoms with Crippen LogP contribution in [0.2, 0.25) is 0 Å². The van der Waals surface area contributed by atoms with E-state index in [4.69, 9.17) is 9.57 Å². The van der Waals surface area contributed by atoms with Crippen molar-refractivity contribution >= 4 is 39.2 Å². The zero-order chi connectivity index (χ0) is 20.6. The van der Waals surface area contributed by atoms with Crippen LogP contribution in [0.3, 0.4) is 0 Å². The van der Waals surface area contributed by atoms with Crippen LogP contribution in [0.15, 0.2) is 87.5 Å². The van der Waals surface area contributed by atoms with Crippen LogP contribution in [0.1, 0.15) is 20.7 Å². The van der Waals surface area contributed by atoms with Gasteiger partial charge in [0.1, 0.15) is 11.3 Å². The van der Waals surface area contributed by atoms with Crippen molar-refractivity contribution in [2.24, 2.45) is 10.2 Å². The number of nitrogens with zero attached hydrogens (tertiary/aromatic N) is 2. The highest BCUT2D eigenvalue weighted by Gasteiger charge is 2.13. The number of hydrogen-bond donors (Lipinski definition) is 1. The lowest BCUT2D eigenvalue weighted by Gasteiger charge is -2.09. The van der Waals surface area contributed by atoms with Crippen molar-refractivity contribution in [3.8, 4) is 5.75 Å². The quantitative estimate of drug-likeness (QED) is 0.389. The summed E-state index contributed by atoms with van der Waals surface area (Å²) in [7, 11) is 1.48. The Labute approximate surface area is 175 Å². The summed E-state index contributed by atoms with van der Waals surface area (Å²) in [5.74, 6) is -0.611. The van der Waals surface area contributed by atoms with Crippen LogP contribution in [0.5, 0.6) is 5.75 Å². The Morgan fingerprint density at radius 1 is 0.897 bits per heavy atom. The number of carbonyl (C=O) groups is 2. The van der Waals surface area contributed by atoms with Gasteiger partial charge in [-0.15, -0.1) is 10.2 Å². The van der Waals surface area contributed by atoms with E-state index in [1.165, 1.54) is 7.11 Å². The number of para-hydroxylation sites is 1. The molecule has 0 saturated carbocycles. The number of carbonyl (C=O) groups excluding carboxylic acids is 2. The fourth-order valence-corrected chi connectivity index (χ4v) is 2.82. The van der Waals surface area contributed by atoms with Crippen molar-refractivity contribution in [2.75, 3.05) is 12.6 Å². The summed E-state index contributed by atoms with van der Waals surface area (Å²) in [6, 6.07) is 20.3. The molecule has 0 bridgehead atoms. The average molecular weight is 454 g/mol. The smallest absolute Gasteiger partial charge is 0.366 e. The molecule has 29 heavy (non-hydrogen) atoms. The van der Waals surface area contributed by atoms with Gasteiger partial charge in [-0.3, -0.25) is 4.79 Å². The molecule has 0 aliphatic heterocycles. The van der Waals surface area contributed by atoms with Crippen molar-refractivity contribution < 1.29 is 19.2 Å². The zero-order valence-corrected chi connectivity index (χ0v) is 16.9. The second-order valence-corrected chi connectivity index (χ2v) is 6.58. The van der Waals surface area contributed by atoms with Gasteiger partial charge in [-0.2, -0.15) is 0 Å². The van der Waals surface area contributed by atoms with Crippen LogP contribution in [0.4, 0.5) is 11.4 Å². The molecule has 8 heteroatoms. The molecular formula is C21H16BrN3O4. The summed E-state index contributed by atoms with van der Waals surface area (Å²) >= 11 is 3.31. The minimum Gasteiger partial charge on any atom is -0.496 e. The molecule has 0 saturated heterocycles. The van der Waals surface area contributed by atoms with Crippen LogP contribution >= 0.6 is 15.9 Å². The third-order valence-corrected chi connectivity index (χ3v) is 4.51. The van der Waals surface area contributed by atoms with Crippen molar-refractivity contribution in [1.29, 1.82) is 0 Å². The summed E-state index contributed by atoms with van der Waals surface area (Å²) in [5, 5.41) is 7.66. The zero-order valence-electron chi connectivity index (χ0n) is 15.3. The number of anilines is 1. The lowest BCUT2D eigenvalue weighted by atomic mass is 10.2. The average Bonchev–Trinajstić information content (AvgIpc) is 2.76. The van der Waals surface area contributed by atoms with Crippen molar-refractivity contribution in [1.82, 2.24) is 0 Å². The summed E-state index contributed by atoms with van der Waals surface area (Å²) in [6.07, 6.45) is 0. The first-order valence-corrected chi connectivity index (χ1v) is 9.28. The van der Waals surface area contributed by atoms with Gasteiger partial charge in [0.15, 0.2) is 0 Å². The Balaban J connectivity index is 1.59. The number of rotatable bonds is 6. The van der Waals surface area contributed by atoms with Crippen LogP contribution in [-0.2, 0) is 4.84 Å². The lowest BCUT2D eigenvalue weighted by molar-refractivity contribution is 0.0592. The maximum Gasteiger partial charge on any atom is 0.366 e. The van der Waals surface area contributed by atoms with Gasteiger partial charge >= 0.3 is 5.97 Å². The molecule has 0 radical (unpaired) electrons. The van der Waals surface area contributed by atoms with Crippen LogP contribution in [-0.4, -0.2) is 19.0 Å². The number of hydrogen-bond acceptors (Lipinski definition) is 6. The van der Waals surface area contributed by atoms with E-state index in [1.54, 1.807) is 66.7 Å². The molecule has 146 valence electrons. The molecular weight excluding hydrogens is 438 g/mol. The molecule has 0 aliphatic carbocycles. The van der Waals surface area contributed by atoms with Crippen molar-refractivity contribution in [2.45, 2.75) is 0 Å². The Hall–Kier alpha value is -3.52. The van der Waals surface area contributed by atoms with Gasteiger partial charge in [0, 0.05) is 4.47 Å². The van der Waals surface area contributed by atoms with Gasteiger partial charge in [-0.1, -0.05) is 24.3 Å². The van der Waals surface area contributed by atoms with E-state index >= 15 is 0 Å². The minimum atomic E-state index is -0.578. The first-order chi connectivity index (χ1) is 14.1. The molecule has 0 aliphatic rings. The fourth-order valence-electron chi connectivity index (χ4n) is 2.36. The number of azo groups is 1. The fraction of sp³-hybridized carbons (Fsp3) is 0.0476. The minimum absolute atomic E-state index is 0.304. The third kappa shape index (κ3) is 5.26. The molecule has 3 aromatic rings. The Bertz CT molecular complexity index is 1050. The van der Waals surface area contributed by atoms with E-state index in [0.717, 1.165) is 0 Å². The van der Waals surface area contributed by atoms with Gasteiger partial charge in [0.05, 0.1) is 24.0 Å². The molecule has 0 atom stereocenters. The van der Waals surface area contributed by atoms with Crippen LogP contribution in [0.25, 0.3) is 0 Å². The second-order valence-electron chi connectivity index (χ2n) is 5.72. The molecule has 0 aromatic heterocycles. The van der Waals surface area contributed by atoms with Gasteiger partial charge in [-0.05, 0) is 64.5 Å². The molecule has 1 amide bonds. The van der Waals surface area contributed by atoms with E-state index in [1.807, 2.05) is 6.07 Å². The summed E-state index contributed by atoms with van der Waals surface area (Å²) < 4.78 is 5.79. The number of amides is 1. The highest BCUT2D eigenvalue weighted by atomic mass is 79.9. The Morgan fingerprint density at radius 2 is 1.55 bits per heavy atom. The normalized spacial score (nSPS) is 10.6. The van der Waals surface area contributed by atoms with Gasteiger partial charge in [0.25, 0.3) is 5.91 Å². The predicted octanol–water partition coefficient (Wildman–Crippen LogP) is 5.57. The van der Waals surface area contributed by atoms with Gasteiger partial charge in [0.2, 0.25) is 0 Å². The van der Waals surface area contributed by atoms with E-state index in [0.29, 0.717) is 32.7 Å². The highest BCUT2D eigenvalue weighted by molar-refractivity contribution is 9.10. The van der Waals surface area contributed by atoms with Crippen molar-refractivity contribution in [3.05, 3.63) is 88.4 Å². The molecule has 7 nitrogen and oxygen atoms in total. The standard InChI is InChI=1S/C21H16BrN3O4/c1-28-19-9-5-3-7-17(19)21(27)29-25-15-12-10-14(11-13-15)23-24-20(26)16-6-2-4-8-18(16)22/h2-13,25H,1H3. The molecule has 3 rings (SSSR count). The van der Waals surface area contributed by atoms with Gasteiger partial charge < -0.3 is 9.57 Å². The summed E-state index contributed by atoms with van der Waals surface area (Å²) in [6.45, 7) is 0. The number of ether oxygens (including phenoxy) is 1. The maximum atomic E-state index is 12.2. The molecule has 0 fully saturated rings. The molecule has 0 spiro atoms. The van der Waals surface area contributed by atoms with Crippen LogP contribution < -0.4 is 10.2 Å². The first-order valence-electron chi connectivity index (χ1n) is 8.49. The van der Waals surface area contributed by atoms with Gasteiger partial charge in [-0.25, -0.2) is 10.3 Å². The third-order valence-electron chi connectivity index (χ3n) is 3.82. The Morgan fingerprint density at radius 3 is 2.24 bits per heavy atom. The number of halogens is 1. The molecule has 3 aromatic carbocycles.